The number of rotatable bonds is 3. The minimum Gasteiger partial charge on any atom is -0.346 e. The van der Waals surface area contributed by atoms with Gasteiger partial charge in [-0.3, -0.25) is 4.79 Å². The Morgan fingerprint density at radius 1 is 1.60 bits per heavy atom. The molecule has 0 bridgehead atoms. The summed E-state index contributed by atoms with van der Waals surface area (Å²) in [6.07, 6.45) is 1.63. The van der Waals surface area contributed by atoms with Crippen molar-refractivity contribution in [2.75, 3.05) is 0 Å². The number of halogens is 1. The van der Waals surface area contributed by atoms with E-state index < -0.39 is 0 Å². The molecule has 2 rings (SSSR count). The van der Waals surface area contributed by atoms with E-state index in [4.69, 9.17) is 0 Å². The van der Waals surface area contributed by atoms with Crippen LogP contribution in [-0.4, -0.2) is 20.5 Å². The average molecular weight is 305 g/mol. The molecule has 0 atom stereocenters. The van der Waals surface area contributed by atoms with Gasteiger partial charge in [0.1, 0.15) is 5.69 Å². The van der Waals surface area contributed by atoms with Gasteiger partial charge in [0.05, 0.1) is 17.6 Å². The van der Waals surface area contributed by atoms with Gasteiger partial charge in [0.25, 0.3) is 5.91 Å². The van der Waals surface area contributed by atoms with Crippen LogP contribution < -0.4 is 5.32 Å². The molecule has 78 valence electrons. The van der Waals surface area contributed by atoms with E-state index in [2.05, 4.69) is 35.8 Å². The molecule has 0 unspecified atom stereocenters. The summed E-state index contributed by atoms with van der Waals surface area (Å²) in [5.41, 5.74) is 0.421. The van der Waals surface area contributed by atoms with Gasteiger partial charge in [0.15, 0.2) is 3.92 Å². The fraction of sp³-hybridized carbons (Fsp3) is 0.143. The summed E-state index contributed by atoms with van der Waals surface area (Å²) in [5, 5.41) is 8.10. The zero-order chi connectivity index (χ0) is 10.7. The van der Waals surface area contributed by atoms with Gasteiger partial charge >= 0.3 is 0 Å². The molecular formula is C7H5BrN4OS2. The van der Waals surface area contributed by atoms with Crippen LogP contribution in [0.4, 0.5) is 0 Å². The summed E-state index contributed by atoms with van der Waals surface area (Å²) in [7, 11) is 0. The van der Waals surface area contributed by atoms with Gasteiger partial charge in [0, 0.05) is 5.38 Å². The molecular weight excluding hydrogens is 300 g/mol. The van der Waals surface area contributed by atoms with Gasteiger partial charge in [-0.25, -0.2) is 4.98 Å². The first kappa shape index (κ1) is 10.7. The Balaban J connectivity index is 1.93. The minimum absolute atomic E-state index is 0.189. The Morgan fingerprint density at radius 2 is 2.47 bits per heavy atom. The molecule has 0 aromatic carbocycles. The Hall–Kier alpha value is -0.860. The van der Waals surface area contributed by atoms with Crippen molar-refractivity contribution in [3.63, 3.8) is 0 Å². The molecule has 15 heavy (non-hydrogen) atoms. The van der Waals surface area contributed by atoms with Crippen LogP contribution in [0.5, 0.6) is 0 Å². The maximum Gasteiger partial charge on any atom is 0.271 e. The first-order valence-electron chi connectivity index (χ1n) is 3.91. The predicted octanol–water partition coefficient (Wildman–Crippen LogP) is 1.69. The maximum absolute atomic E-state index is 11.5. The number of hydrogen-bond acceptors (Lipinski definition) is 6. The summed E-state index contributed by atoms with van der Waals surface area (Å²) in [5.74, 6) is -0.189. The second-order valence-electron chi connectivity index (χ2n) is 2.55. The van der Waals surface area contributed by atoms with Crippen molar-refractivity contribution in [2.24, 2.45) is 0 Å². The van der Waals surface area contributed by atoms with Crippen molar-refractivity contribution < 1.29 is 4.79 Å². The quantitative estimate of drug-likeness (QED) is 0.937. The minimum atomic E-state index is -0.189. The molecule has 0 saturated heterocycles. The molecule has 0 aliphatic heterocycles. The van der Waals surface area contributed by atoms with Gasteiger partial charge in [0.2, 0.25) is 0 Å². The fourth-order valence-electron chi connectivity index (χ4n) is 0.880. The number of carbonyl (C=O) groups is 1. The third-order valence-corrected chi connectivity index (χ3v) is 3.56. The van der Waals surface area contributed by atoms with Crippen molar-refractivity contribution in [2.45, 2.75) is 6.54 Å². The molecule has 2 aromatic rings. The van der Waals surface area contributed by atoms with E-state index in [9.17, 15) is 4.79 Å². The first-order chi connectivity index (χ1) is 7.25. The van der Waals surface area contributed by atoms with Crippen LogP contribution >= 0.6 is 38.8 Å². The number of thiazole rings is 1. The summed E-state index contributed by atoms with van der Waals surface area (Å²) >= 11 is 5.84. The van der Waals surface area contributed by atoms with E-state index in [1.807, 2.05) is 0 Å². The zero-order valence-corrected chi connectivity index (χ0v) is 10.5. The Kier molecular flexibility index (Phi) is 3.39. The molecule has 2 heterocycles. The van der Waals surface area contributed by atoms with Crippen LogP contribution in [-0.2, 0) is 6.54 Å². The van der Waals surface area contributed by atoms with E-state index in [1.54, 1.807) is 11.6 Å². The Bertz CT molecular complexity index is 455. The SMILES string of the molecule is O=C(NCc1cnns1)c1csc(Br)n1. The molecule has 5 nitrogen and oxygen atoms in total. The van der Waals surface area contributed by atoms with E-state index in [0.29, 0.717) is 16.2 Å². The highest BCUT2D eigenvalue weighted by atomic mass is 79.9. The topological polar surface area (TPSA) is 67.8 Å². The number of amides is 1. The lowest BCUT2D eigenvalue weighted by Crippen LogP contribution is -2.22. The molecule has 0 aliphatic carbocycles. The van der Waals surface area contributed by atoms with E-state index in [-0.39, 0.29) is 5.91 Å². The lowest BCUT2D eigenvalue weighted by molar-refractivity contribution is 0.0947. The van der Waals surface area contributed by atoms with Gasteiger partial charge in [-0.15, -0.1) is 16.4 Å². The molecule has 8 heteroatoms. The standard InChI is InChI=1S/C7H5BrN4OS2/c8-7-11-5(3-14-7)6(13)9-1-4-2-10-12-15-4/h2-3H,1H2,(H,9,13). The fourth-order valence-corrected chi connectivity index (χ4v) is 2.30. The van der Waals surface area contributed by atoms with Crippen LogP contribution in [0.25, 0.3) is 0 Å². The van der Waals surface area contributed by atoms with Crippen molar-refractivity contribution >= 4 is 44.7 Å². The predicted molar refractivity (Wildman–Crippen MR) is 60.9 cm³/mol. The Labute approximate surface area is 102 Å². The number of carbonyl (C=O) groups excluding carboxylic acids is 1. The highest BCUT2D eigenvalue weighted by Crippen LogP contribution is 2.15. The number of hydrogen-bond donors (Lipinski definition) is 1. The molecule has 0 fully saturated rings. The maximum atomic E-state index is 11.5. The van der Waals surface area contributed by atoms with Crippen LogP contribution in [0.2, 0.25) is 0 Å². The number of nitrogens with one attached hydrogen (secondary N) is 1. The monoisotopic (exact) mass is 304 g/mol. The normalized spacial score (nSPS) is 10.2. The Morgan fingerprint density at radius 3 is 3.07 bits per heavy atom. The largest absolute Gasteiger partial charge is 0.346 e. The third kappa shape index (κ3) is 2.80. The number of aromatic nitrogens is 3. The molecule has 0 radical (unpaired) electrons. The average Bonchev–Trinajstić information content (AvgIpc) is 2.84. The summed E-state index contributed by atoms with van der Waals surface area (Å²) in [6.45, 7) is 0.436. The van der Waals surface area contributed by atoms with Gasteiger partial charge in [-0.05, 0) is 27.5 Å². The molecule has 1 N–H and O–H groups in total. The molecule has 0 aliphatic rings. The van der Waals surface area contributed by atoms with Crippen molar-refractivity contribution in [3.8, 4) is 0 Å². The van der Waals surface area contributed by atoms with Crippen molar-refractivity contribution in [1.29, 1.82) is 0 Å². The van der Waals surface area contributed by atoms with Gasteiger partial charge < -0.3 is 5.32 Å². The second kappa shape index (κ2) is 4.77. The van der Waals surface area contributed by atoms with Crippen LogP contribution in [0.3, 0.4) is 0 Å². The first-order valence-corrected chi connectivity index (χ1v) is 6.36. The van der Waals surface area contributed by atoms with Crippen LogP contribution in [0, 0.1) is 0 Å². The summed E-state index contributed by atoms with van der Waals surface area (Å²) in [4.78, 5) is 16.4. The second-order valence-corrected chi connectivity index (χ2v) is 5.56. The number of nitrogens with zero attached hydrogens (tertiary/aromatic N) is 3. The van der Waals surface area contributed by atoms with Crippen molar-refractivity contribution in [1.82, 2.24) is 19.9 Å². The molecule has 0 saturated carbocycles. The van der Waals surface area contributed by atoms with Gasteiger partial charge in [-0.2, -0.15) is 0 Å². The van der Waals surface area contributed by atoms with Crippen molar-refractivity contribution in [3.05, 3.63) is 26.1 Å². The van der Waals surface area contributed by atoms with Gasteiger partial charge in [-0.1, -0.05) is 4.49 Å². The summed E-state index contributed by atoms with van der Waals surface area (Å²) in [6, 6.07) is 0. The third-order valence-electron chi connectivity index (χ3n) is 1.54. The lowest BCUT2D eigenvalue weighted by atomic mass is 10.4. The van der Waals surface area contributed by atoms with E-state index in [1.165, 1.54) is 22.9 Å². The van der Waals surface area contributed by atoms with Crippen LogP contribution in [0.1, 0.15) is 15.4 Å². The molecule has 2 aromatic heterocycles. The zero-order valence-electron chi connectivity index (χ0n) is 7.31. The lowest BCUT2D eigenvalue weighted by Gasteiger charge is -1.98. The molecule has 0 spiro atoms. The molecule has 1 amide bonds. The summed E-state index contributed by atoms with van der Waals surface area (Å²) < 4.78 is 4.40. The highest BCUT2D eigenvalue weighted by molar-refractivity contribution is 9.11. The van der Waals surface area contributed by atoms with E-state index >= 15 is 0 Å². The van der Waals surface area contributed by atoms with E-state index in [0.717, 1.165) is 4.88 Å². The highest BCUT2D eigenvalue weighted by Gasteiger charge is 2.09. The smallest absolute Gasteiger partial charge is 0.271 e. The van der Waals surface area contributed by atoms with Crippen LogP contribution in [0.15, 0.2) is 15.5 Å².